The Morgan fingerprint density at radius 3 is 2.12 bits per heavy atom. The molecule has 1 aliphatic heterocycles. The van der Waals surface area contributed by atoms with Crippen molar-refractivity contribution in [1.29, 1.82) is 0 Å². The molecule has 3 rings (SSSR count). The van der Waals surface area contributed by atoms with E-state index in [1.165, 1.54) is 0 Å². The monoisotopic (exact) mass is 387 g/mol. The predicted molar refractivity (Wildman–Crippen MR) is 95.9 cm³/mol. The average molecular weight is 388 g/mol. The van der Waals surface area contributed by atoms with Gasteiger partial charge in [-0.25, -0.2) is 13.2 Å². The lowest BCUT2D eigenvalue weighted by Crippen LogP contribution is -2.31. The molecule has 0 bridgehead atoms. The summed E-state index contributed by atoms with van der Waals surface area (Å²) in [5.41, 5.74) is 2.20. The first kappa shape index (κ1) is 20.4. The van der Waals surface area contributed by atoms with E-state index in [1.54, 1.807) is 0 Å². The van der Waals surface area contributed by atoms with Crippen LogP contribution in [0, 0.1) is 17.5 Å². The fourth-order valence-corrected chi connectivity index (χ4v) is 3.14. The number of halogens is 4. The van der Waals surface area contributed by atoms with Gasteiger partial charge >= 0.3 is 0 Å². The largest absolute Gasteiger partial charge is 0.490 e. The molecule has 1 heterocycles. The molecule has 2 aromatic carbocycles. The second-order valence-electron chi connectivity index (χ2n) is 5.80. The zero-order chi connectivity index (χ0) is 18.0. The van der Waals surface area contributed by atoms with Crippen molar-refractivity contribution in [1.82, 2.24) is 5.32 Å². The number of benzene rings is 2. The summed E-state index contributed by atoms with van der Waals surface area (Å²) >= 11 is 0. The number of ether oxygens (including phenoxy) is 2. The van der Waals surface area contributed by atoms with E-state index in [0.717, 1.165) is 29.7 Å². The summed E-state index contributed by atoms with van der Waals surface area (Å²) in [6.07, 6.45) is 0.754. The van der Waals surface area contributed by atoms with Gasteiger partial charge in [-0.05, 0) is 61.2 Å². The van der Waals surface area contributed by atoms with Gasteiger partial charge in [-0.15, -0.1) is 12.4 Å². The van der Waals surface area contributed by atoms with Gasteiger partial charge in [0.15, 0.2) is 29.0 Å². The molecule has 142 valence electrons. The molecule has 1 unspecified atom stereocenters. The van der Waals surface area contributed by atoms with Crippen molar-refractivity contribution >= 4 is 12.4 Å². The Hall–Kier alpha value is -1.92. The molecule has 0 aromatic heterocycles. The van der Waals surface area contributed by atoms with Crippen LogP contribution >= 0.6 is 12.4 Å². The highest BCUT2D eigenvalue weighted by molar-refractivity contribution is 5.85. The smallest absolute Gasteiger partial charge is 0.194 e. The lowest BCUT2D eigenvalue weighted by molar-refractivity contribution is 0.286. The molecule has 0 aliphatic carbocycles. The summed E-state index contributed by atoms with van der Waals surface area (Å²) in [7, 11) is 0. The second kappa shape index (κ2) is 8.64. The minimum absolute atomic E-state index is 0. The summed E-state index contributed by atoms with van der Waals surface area (Å²) in [5.74, 6) is -2.61. The molecular weight excluding hydrogens is 367 g/mol. The van der Waals surface area contributed by atoms with E-state index in [4.69, 9.17) is 9.47 Å². The maximum absolute atomic E-state index is 13.6. The molecule has 0 saturated heterocycles. The quantitative estimate of drug-likeness (QED) is 0.763. The van der Waals surface area contributed by atoms with Crippen molar-refractivity contribution in [2.75, 3.05) is 19.8 Å². The number of nitrogens with one attached hydrogen (secondary N) is 1. The highest BCUT2D eigenvalue weighted by Crippen LogP contribution is 2.38. The maximum atomic E-state index is 13.6. The third-order valence-electron chi connectivity index (χ3n) is 4.20. The Morgan fingerprint density at radius 1 is 0.962 bits per heavy atom. The molecule has 7 heteroatoms. The first-order valence-corrected chi connectivity index (χ1v) is 8.35. The van der Waals surface area contributed by atoms with Gasteiger partial charge in [0.1, 0.15) is 0 Å². The molecule has 1 atom stereocenters. The van der Waals surface area contributed by atoms with Gasteiger partial charge in [-0.2, -0.15) is 0 Å². The zero-order valence-electron chi connectivity index (χ0n) is 14.6. The third kappa shape index (κ3) is 3.91. The Kier molecular flexibility index (Phi) is 6.78. The van der Waals surface area contributed by atoms with Crippen LogP contribution in [0.3, 0.4) is 0 Å². The van der Waals surface area contributed by atoms with Gasteiger partial charge in [0.2, 0.25) is 0 Å². The third-order valence-corrected chi connectivity index (χ3v) is 4.20. The van der Waals surface area contributed by atoms with Gasteiger partial charge in [0.05, 0.1) is 19.3 Å². The van der Waals surface area contributed by atoms with Crippen LogP contribution in [0.25, 0.3) is 0 Å². The number of fused-ring (bicyclic) bond motifs is 1. The topological polar surface area (TPSA) is 30.5 Å². The summed E-state index contributed by atoms with van der Waals surface area (Å²) in [4.78, 5) is 0. The molecule has 1 aliphatic rings. The summed E-state index contributed by atoms with van der Waals surface area (Å²) in [6.45, 7) is 5.38. The molecular formula is C19H21ClF3NO2. The summed E-state index contributed by atoms with van der Waals surface area (Å²) < 4.78 is 51.8. The van der Waals surface area contributed by atoms with Crippen LogP contribution in [0.1, 0.15) is 36.6 Å². The van der Waals surface area contributed by atoms with E-state index in [2.05, 4.69) is 5.32 Å². The van der Waals surface area contributed by atoms with Gasteiger partial charge in [-0.3, -0.25) is 0 Å². The van der Waals surface area contributed by atoms with Crippen molar-refractivity contribution in [3.63, 3.8) is 0 Å². The number of hydrogen-bond donors (Lipinski definition) is 1. The summed E-state index contributed by atoms with van der Waals surface area (Å²) in [5, 5.41) is 3.23. The van der Waals surface area contributed by atoms with E-state index in [9.17, 15) is 13.2 Å². The fraction of sp³-hybridized carbons (Fsp3) is 0.368. The molecule has 2 aromatic rings. The van der Waals surface area contributed by atoms with E-state index in [-0.39, 0.29) is 12.4 Å². The van der Waals surface area contributed by atoms with Crippen LogP contribution < -0.4 is 14.8 Å². The highest BCUT2D eigenvalue weighted by Gasteiger charge is 2.26. The number of hydrogen-bond acceptors (Lipinski definition) is 3. The van der Waals surface area contributed by atoms with Gasteiger partial charge < -0.3 is 14.8 Å². The first-order valence-electron chi connectivity index (χ1n) is 8.35. The minimum atomic E-state index is -1.46. The van der Waals surface area contributed by atoms with E-state index in [0.29, 0.717) is 36.8 Å². The van der Waals surface area contributed by atoms with Crippen LogP contribution in [-0.4, -0.2) is 19.8 Å². The highest BCUT2D eigenvalue weighted by atomic mass is 35.5. The standard InChI is InChI=1S/C19H20F3NO2.ClH/c1-3-24-16-9-11-5-6-23-19(13(11)10-17(16)25-4-2)12-7-14(20)18(22)15(21)8-12;/h7-10,19,23H,3-6H2,1-2H3;1H. The van der Waals surface area contributed by atoms with E-state index in [1.807, 2.05) is 26.0 Å². The normalized spacial score (nSPS) is 15.8. The Bertz CT molecular complexity index is 763. The fourth-order valence-electron chi connectivity index (χ4n) is 3.14. The zero-order valence-corrected chi connectivity index (χ0v) is 15.4. The van der Waals surface area contributed by atoms with Crippen LogP contribution in [0.5, 0.6) is 11.5 Å². The van der Waals surface area contributed by atoms with Crippen LogP contribution in [0.2, 0.25) is 0 Å². The van der Waals surface area contributed by atoms with Gasteiger partial charge in [-0.1, -0.05) is 0 Å². The molecule has 0 fully saturated rings. The number of rotatable bonds is 5. The lowest BCUT2D eigenvalue weighted by Gasteiger charge is -2.29. The van der Waals surface area contributed by atoms with E-state index >= 15 is 0 Å². The molecule has 1 N–H and O–H groups in total. The minimum Gasteiger partial charge on any atom is -0.490 e. The SMILES string of the molecule is CCOc1cc2c(cc1OCC)C(c1cc(F)c(F)c(F)c1)NCC2.Cl. The molecule has 0 saturated carbocycles. The predicted octanol–water partition coefficient (Wildman–Crippen LogP) is 4.56. The van der Waals surface area contributed by atoms with Crippen LogP contribution in [0.15, 0.2) is 24.3 Å². The molecule has 0 radical (unpaired) electrons. The lowest BCUT2D eigenvalue weighted by atomic mass is 9.89. The second-order valence-corrected chi connectivity index (χ2v) is 5.80. The van der Waals surface area contributed by atoms with Crippen molar-refractivity contribution in [3.05, 3.63) is 58.4 Å². The van der Waals surface area contributed by atoms with Crippen molar-refractivity contribution in [2.45, 2.75) is 26.3 Å². The van der Waals surface area contributed by atoms with Crippen molar-refractivity contribution in [2.24, 2.45) is 0 Å². The van der Waals surface area contributed by atoms with E-state index < -0.39 is 23.5 Å². The van der Waals surface area contributed by atoms with Crippen LogP contribution in [-0.2, 0) is 6.42 Å². The Morgan fingerprint density at radius 2 is 1.54 bits per heavy atom. The Balaban J connectivity index is 0.00000243. The summed E-state index contributed by atoms with van der Waals surface area (Å²) in [6, 6.07) is 5.36. The van der Waals surface area contributed by atoms with Crippen molar-refractivity contribution < 1.29 is 22.6 Å². The van der Waals surface area contributed by atoms with Crippen LogP contribution in [0.4, 0.5) is 13.2 Å². The van der Waals surface area contributed by atoms with Gasteiger partial charge in [0, 0.05) is 6.54 Å². The Labute approximate surface area is 156 Å². The molecule has 26 heavy (non-hydrogen) atoms. The average Bonchev–Trinajstić information content (AvgIpc) is 2.59. The molecule has 3 nitrogen and oxygen atoms in total. The first-order chi connectivity index (χ1) is 12.0. The maximum Gasteiger partial charge on any atom is 0.194 e. The van der Waals surface area contributed by atoms with Gasteiger partial charge in [0.25, 0.3) is 0 Å². The van der Waals surface area contributed by atoms with Crippen molar-refractivity contribution in [3.8, 4) is 11.5 Å². The molecule has 0 spiro atoms. The molecule has 0 amide bonds.